The summed E-state index contributed by atoms with van der Waals surface area (Å²) >= 11 is 0. The van der Waals surface area contributed by atoms with Crippen molar-refractivity contribution in [3.05, 3.63) is 57.3 Å². The summed E-state index contributed by atoms with van der Waals surface area (Å²) in [5.41, 5.74) is 8.86. The van der Waals surface area contributed by atoms with Crippen LogP contribution in [0, 0.1) is 24.0 Å². The van der Waals surface area contributed by atoms with Crippen LogP contribution in [0.15, 0.2) is 30.5 Å². The number of nitro benzene ring substituents is 1. The zero-order valence-corrected chi connectivity index (χ0v) is 11.4. The number of hydrogen-bond donors (Lipinski definition) is 2. The normalized spacial score (nSPS) is 10.3. The summed E-state index contributed by atoms with van der Waals surface area (Å²) < 4.78 is 0. The standard InChI is InChI=1S/C14H16N4O2/c1-9-6-12(15)8-17-14(9)16-7-11-4-3-5-13(10(11)2)18(19)20/h3-6,8H,7,15H2,1-2H3,(H,16,17). The van der Waals surface area contributed by atoms with E-state index in [2.05, 4.69) is 10.3 Å². The van der Waals surface area contributed by atoms with E-state index in [-0.39, 0.29) is 10.6 Å². The summed E-state index contributed by atoms with van der Waals surface area (Å²) in [6.07, 6.45) is 1.58. The lowest BCUT2D eigenvalue weighted by Crippen LogP contribution is -2.06. The molecule has 1 heterocycles. The first-order valence-electron chi connectivity index (χ1n) is 6.18. The fraction of sp³-hybridized carbons (Fsp3) is 0.214. The Hall–Kier alpha value is -2.63. The second-order valence-electron chi connectivity index (χ2n) is 4.61. The molecule has 0 radical (unpaired) electrons. The van der Waals surface area contributed by atoms with Crippen LogP contribution in [0.3, 0.4) is 0 Å². The Balaban J connectivity index is 2.19. The molecular weight excluding hydrogens is 256 g/mol. The van der Waals surface area contributed by atoms with Gasteiger partial charge in [0.1, 0.15) is 5.82 Å². The van der Waals surface area contributed by atoms with Crippen molar-refractivity contribution in [2.24, 2.45) is 0 Å². The van der Waals surface area contributed by atoms with Crippen molar-refractivity contribution in [3.8, 4) is 0 Å². The van der Waals surface area contributed by atoms with Gasteiger partial charge in [-0.15, -0.1) is 0 Å². The summed E-state index contributed by atoms with van der Waals surface area (Å²) in [5, 5.41) is 14.1. The van der Waals surface area contributed by atoms with Crippen LogP contribution >= 0.6 is 0 Å². The van der Waals surface area contributed by atoms with Crippen molar-refractivity contribution in [3.63, 3.8) is 0 Å². The molecule has 0 aliphatic heterocycles. The molecule has 1 aromatic heterocycles. The molecule has 0 aliphatic carbocycles. The Bertz CT molecular complexity index is 656. The van der Waals surface area contributed by atoms with Crippen LogP contribution < -0.4 is 11.1 Å². The van der Waals surface area contributed by atoms with Gasteiger partial charge >= 0.3 is 0 Å². The van der Waals surface area contributed by atoms with Gasteiger partial charge in [0.2, 0.25) is 0 Å². The largest absolute Gasteiger partial charge is 0.397 e. The molecular formula is C14H16N4O2. The van der Waals surface area contributed by atoms with Crippen molar-refractivity contribution in [1.29, 1.82) is 0 Å². The van der Waals surface area contributed by atoms with Gasteiger partial charge in [-0.2, -0.15) is 0 Å². The van der Waals surface area contributed by atoms with E-state index in [9.17, 15) is 10.1 Å². The number of anilines is 2. The van der Waals surface area contributed by atoms with E-state index in [1.807, 2.05) is 19.1 Å². The maximum atomic E-state index is 10.9. The lowest BCUT2D eigenvalue weighted by Gasteiger charge is -2.11. The second-order valence-corrected chi connectivity index (χ2v) is 4.61. The number of nitrogens with zero attached hydrogens (tertiary/aromatic N) is 2. The first kappa shape index (κ1) is 13.8. The molecule has 0 spiro atoms. The lowest BCUT2D eigenvalue weighted by atomic mass is 10.1. The second kappa shape index (κ2) is 5.56. The number of nitrogens with one attached hydrogen (secondary N) is 1. The minimum Gasteiger partial charge on any atom is -0.397 e. The van der Waals surface area contributed by atoms with E-state index in [0.29, 0.717) is 17.8 Å². The van der Waals surface area contributed by atoms with E-state index < -0.39 is 0 Å². The van der Waals surface area contributed by atoms with Crippen molar-refractivity contribution >= 4 is 17.2 Å². The third-order valence-electron chi connectivity index (χ3n) is 3.16. The average Bonchev–Trinajstić information content (AvgIpc) is 2.39. The predicted octanol–water partition coefficient (Wildman–Crippen LogP) is 2.80. The minimum absolute atomic E-state index is 0.131. The predicted molar refractivity (Wildman–Crippen MR) is 78.5 cm³/mol. The van der Waals surface area contributed by atoms with Crippen LogP contribution in [0.5, 0.6) is 0 Å². The molecule has 6 nitrogen and oxygen atoms in total. The first-order valence-corrected chi connectivity index (χ1v) is 6.18. The number of benzene rings is 1. The van der Waals surface area contributed by atoms with Crippen LogP contribution in [0.2, 0.25) is 0 Å². The number of hydrogen-bond acceptors (Lipinski definition) is 5. The SMILES string of the molecule is Cc1cc(N)cnc1NCc1cccc([N+](=O)[O-])c1C. The van der Waals surface area contributed by atoms with E-state index >= 15 is 0 Å². The van der Waals surface area contributed by atoms with Gasteiger partial charge in [0.05, 0.1) is 16.8 Å². The number of aromatic nitrogens is 1. The first-order chi connectivity index (χ1) is 9.49. The van der Waals surface area contributed by atoms with Gasteiger partial charge in [0.15, 0.2) is 0 Å². The third-order valence-corrected chi connectivity index (χ3v) is 3.16. The molecule has 0 bridgehead atoms. The molecule has 3 N–H and O–H groups in total. The summed E-state index contributed by atoms with van der Waals surface area (Å²) in [6, 6.07) is 6.88. The quantitative estimate of drug-likeness (QED) is 0.659. The van der Waals surface area contributed by atoms with E-state index in [4.69, 9.17) is 5.73 Å². The Labute approximate surface area is 116 Å². The molecule has 0 aliphatic rings. The number of aryl methyl sites for hydroxylation is 1. The zero-order valence-electron chi connectivity index (χ0n) is 11.4. The van der Waals surface area contributed by atoms with Gasteiger partial charge in [-0.1, -0.05) is 12.1 Å². The monoisotopic (exact) mass is 272 g/mol. The molecule has 1 aromatic carbocycles. The number of rotatable bonds is 4. The Morgan fingerprint density at radius 3 is 2.80 bits per heavy atom. The van der Waals surface area contributed by atoms with Crippen molar-refractivity contribution in [2.45, 2.75) is 20.4 Å². The smallest absolute Gasteiger partial charge is 0.272 e. The van der Waals surface area contributed by atoms with Crippen LogP contribution in [0.25, 0.3) is 0 Å². The molecule has 0 saturated heterocycles. The Morgan fingerprint density at radius 2 is 2.15 bits per heavy atom. The Kier molecular flexibility index (Phi) is 3.84. The topological polar surface area (TPSA) is 94.1 Å². The number of nitrogens with two attached hydrogens (primary N) is 1. The lowest BCUT2D eigenvalue weighted by molar-refractivity contribution is -0.385. The van der Waals surface area contributed by atoms with E-state index in [1.54, 1.807) is 19.2 Å². The molecule has 0 amide bonds. The average molecular weight is 272 g/mol. The molecule has 20 heavy (non-hydrogen) atoms. The number of nitrogen functional groups attached to an aromatic ring is 1. The zero-order chi connectivity index (χ0) is 14.7. The fourth-order valence-electron chi connectivity index (χ4n) is 2.02. The van der Waals surface area contributed by atoms with Crippen molar-refractivity contribution in [2.75, 3.05) is 11.1 Å². The minimum atomic E-state index is -0.369. The molecule has 0 fully saturated rings. The highest BCUT2D eigenvalue weighted by atomic mass is 16.6. The van der Waals surface area contributed by atoms with Crippen LogP contribution in [0.1, 0.15) is 16.7 Å². The highest BCUT2D eigenvalue weighted by Crippen LogP contribution is 2.22. The summed E-state index contributed by atoms with van der Waals surface area (Å²) in [7, 11) is 0. The van der Waals surface area contributed by atoms with Crippen LogP contribution in [0.4, 0.5) is 17.2 Å². The van der Waals surface area contributed by atoms with Crippen molar-refractivity contribution < 1.29 is 4.92 Å². The van der Waals surface area contributed by atoms with Crippen LogP contribution in [-0.4, -0.2) is 9.91 Å². The molecule has 104 valence electrons. The van der Waals surface area contributed by atoms with Gasteiger partial charge in [-0.3, -0.25) is 10.1 Å². The number of nitro groups is 1. The van der Waals surface area contributed by atoms with Gasteiger partial charge in [0, 0.05) is 18.2 Å². The maximum absolute atomic E-state index is 10.9. The fourth-order valence-corrected chi connectivity index (χ4v) is 2.02. The molecule has 0 unspecified atom stereocenters. The van der Waals surface area contributed by atoms with Crippen molar-refractivity contribution in [1.82, 2.24) is 4.98 Å². The van der Waals surface area contributed by atoms with Crippen LogP contribution in [-0.2, 0) is 6.54 Å². The van der Waals surface area contributed by atoms with Gasteiger partial charge < -0.3 is 11.1 Å². The third kappa shape index (κ3) is 2.85. The summed E-state index contributed by atoms with van der Waals surface area (Å²) in [5.74, 6) is 0.727. The molecule has 0 saturated carbocycles. The van der Waals surface area contributed by atoms with Gasteiger partial charge in [0.25, 0.3) is 5.69 Å². The highest BCUT2D eigenvalue weighted by Gasteiger charge is 2.13. The summed E-state index contributed by atoms with van der Waals surface area (Å²) in [6.45, 7) is 4.13. The maximum Gasteiger partial charge on any atom is 0.272 e. The molecule has 2 aromatic rings. The van der Waals surface area contributed by atoms with E-state index in [0.717, 1.165) is 16.9 Å². The summed E-state index contributed by atoms with van der Waals surface area (Å²) in [4.78, 5) is 14.7. The molecule has 0 atom stereocenters. The van der Waals surface area contributed by atoms with Gasteiger partial charge in [-0.05, 0) is 31.0 Å². The molecule has 2 rings (SSSR count). The van der Waals surface area contributed by atoms with E-state index in [1.165, 1.54) is 6.07 Å². The molecule has 6 heteroatoms. The highest BCUT2D eigenvalue weighted by molar-refractivity contribution is 5.52. The van der Waals surface area contributed by atoms with Gasteiger partial charge in [-0.25, -0.2) is 4.98 Å². The Morgan fingerprint density at radius 1 is 1.40 bits per heavy atom. The number of pyridine rings is 1.